The number of nitrogens with zero attached hydrogens (tertiary/aromatic N) is 2. The van der Waals surface area contributed by atoms with Crippen molar-refractivity contribution in [3.63, 3.8) is 0 Å². The molecule has 3 rings (SSSR count). The van der Waals surface area contributed by atoms with Crippen molar-refractivity contribution in [3.05, 3.63) is 74.6 Å². The van der Waals surface area contributed by atoms with Gasteiger partial charge < -0.3 is 4.74 Å². The molecule has 3 aromatic rings. The van der Waals surface area contributed by atoms with Crippen LogP contribution in [0.5, 0.6) is 5.75 Å². The van der Waals surface area contributed by atoms with E-state index in [1.807, 2.05) is 55.5 Å². The van der Waals surface area contributed by atoms with Gasteiger partial charge >= 0.3 is 0 Å². The average molecular weight is 386 g/mol. The normalized spacial score (nSPS) is 11.1. The molecule has 1 heterocycles. The van der Waals surface area contributed by atoms with Crippen LogP contribution in [-0.4, -0.2) is 23.1 Å². The van der Waals surface area contributed by atoms with E-state index in [0.717, 1.165) is 15.9 Å². The zero-order valence-corrected chi connectivity index (χ0v) is 14.9. The number of aromatic amines is 1. The Kier molecular flexibility index (Phi) is 4.66. The number of aryl methyl sites for hydroxylation is 1. The van der Waals surface area contributed by atoms with Crippen LogP contribution in [0.3, 0.4) is 0 Å². The molecule has 6 heteroatoms. The van der Waals surface area contributed by atoms with Crippen LogP contribution in [0.2, 0.25) is 0 Å². The van der Waals surface area contributed by atoms with Crippen molar-refractivity contribution < 1.29 is 4.74 Å². The van der Waals surface area contributed by atoms with Crippen LogP contribution in [0.1, 0.15) is 11.3 Å². The summed E-state index contributed by atoms with van der Waals surface area (Å²) in [5.74, 6) is 0.662. The van der Waals surface area contributed by atoms with Gasteiger partial charge in [0.15, 0.2) is 0 Å². The Morgan fingerprint density at radius 1 is 1.17 bits per heavy atom. The first-order valence-electron chi connectivity index (χ1n) is 7.35. The maximum absolute atomic E-state index is 12.6. The number of H-pyrrole nitrogens is 1. The highest BCUT2D eigenvalue weighted by atomic mass is 79.9. The van der Waals surface area contributed by atoms with Crippen molar-refractivity contribution in [2.75, 3.05) is 7.11 Å². The second-order valence-corrected chi connectivity index (χ2v) is 6.11. The van der Waals surface area contributed by atoms with Crippen molar-refractivity contribution in [1.82, 2.24) is 9.78 Å². The van der Waals surface area contributed by atoms with Crippen molar-refractivity contribution >= 4 is 27.8 Å². The van der Waals surface area contributed by atoms with Crippen LogP contribution in [0.15, 0.2) is 62.8 Å². The molecule has 122 valence electrons. The summed E-state index contributed by atoms with van der Waals surface area (Å²) in [6, 6.07) is 14.9. The predicted molar refractivity (Wildman–Crippen MR) is 99.1 cm³/mol. The number of hydrogen-bond donors (Lipinski definition) is 1. The molecule has 5 nitrogen and oxygen atoms in total. The zero-order valence-electron chi connectivity index (χ0n) is 13.3. The van der Waals surface area contributed by atoms with Gasteiger partial charge in [-0.1, -0.05) is 28.1 Å². The predicted octanol–water partition coefficient (Wildman–Crippen LogP) is 4.00. The van der Waals surface area contributed by atoms with Crippen molar-refractivity contribution in [1.29, 1.82) is 0 Å². The van der Waals surface area contributed by atoms with E-state index in [1.165, 1.54) is 4.68 Å². The Bertz CT molecular complexity index is 940. The molecule has 0 saturated heterocycles. The molecule has 24 heavy (non-hydrogen) atoms. The van der Waals surface area contributed by atoms with Crippen LogP contribution in [-0.2, 0) is 0 Å². The van der Waals surface area contributed by atoms with Gasteiger partial charge in [0.1, 0.15) is 11.4 Å². The summed E-state index contributed by atoms with van der Waals surface area (Å²) in [4.78, 5) is 17.0. The summed E-state index contributed by atoms with van der Waals surface area (Å²) in [5, 5.41) is 3.08. The Morgan fingerprint density at radius 2 is 1.88 bits per heavy atom. The first kappa shape index (κ1) is 16.3. The standard InChI is InChI=1S/C18H16BrN3O2/c1-12-15(11-20-16-5-3-4-6-17(16)24-2)18(23)22(21-12)14-9-7-13(19)8-10-14/h3-11,21H,1-2H3. The number of rotatable bonds is 4. The largest absolute Gasteiger partial charge is 0.494 e. The summed E-state index contributed by atoms with van der Waals surface area (Å²) in [7, 11) is 1.59. The summed E-state index contributed by atoms with van der Waals surface area (Å²) >= 11 is 3.39. The lowest BCUT2D eigenvalue weighted by Crippen LogP contribution is -2.17. The molecule has 0 bridgehead atoms. The molecule has 1 N–H and O–H groups in total. The number of aliphatic imine (C=N–C) groups is 1. The van der Waals surface area contributed by atoms with Crippen LogP contribution < -0.4 is 10.3 Å². The highest BCUT2D eigenvalue weighted by Crippen LogP contribution is 2.26. The smallest absolute Gasteiger partial charge is 0.280 e. The molecular weight excluding hydrogens is 370 g/mol. The maximum Gasteiger partial charge on any atom is 0.280 e. The Morgan fingerprint density at radius 3 is 2.58 bits per heavy atom. The van der Waals surface area contributed by atoms with E-state index >= 15 is 0 Å². The molecule has 0 atom stereocenters. The number of para-hydroxylation sites is 2. The fourth-order valence-electron chi connectivity index (χ4n) is 2.35. The number of nitrogens with one attached hydrogen (secondary N) is 1. The SMILES string of the molecule is COc1ccccc1N=Cc1c(C)[nH]n(-c2ccc(Br)cc2)c1=O. The van der Waals surface area contributed by atoms with Gasteiger partial charge in [0.25, 0.3) is 5.56 Å². The third-order valence-electron chi connectivity index (χ3n) is 3.62. The van der Waals surface area contributed by atoms with Crippen LogP contribution in [0, 0.1) is 6.92 Å². The van der Waals surface area contributed by atoms with E-state index in [2.05, 4.69) is 26.0 Å². The van der Waals surface area contributed by atoms with Crippen molar-refractivity contribution in [2.45, 2.75) is 6.92 Å². The minimum absolute atomic E-state index is 0.145. The Balaban J connectivity index is 1.99. The number of aromatic nitrogens is 2. The van der Waals surface area contributed by atoms with Crippen LogP contribution in [0.4, 0.5) is 5.69 Å². The van der Waals surface area contributed by atoms with E-state index in [9.17, 15) is 4.79 Å². The molecule has 0 fully saturated rings. The fourth-order valence-corrected chi connectivity index (χ4v) is 2.62. The number of benzene rings is 2. The topological polar surface area (TPSA) is 59.4 Å². The van der Waals surface area contributed by atoms with Crippen molar-refractivity contribution in [3.8, 4) is 11.4 Å². The van der Waals surface area contributed by atoms with Gasteiger partial charge in [-0.2, -0.15) is 0 Å². The number of ether oxygens (including phenoxy) is 1. The quantitative estimate of drug-likeness (QED) is 0.690. The van der Waals surface area contributed by atoms with E-state index in [1.54, 1.807) is 13.3 Å². The fraction of sp³-hybridized carbons (Fsp3) is 0.111. The maximum atomic E-state index is 12.6. The monoisotopic (exact) mass is 385 g/mol. The number of methoxy groups -OCH3 is 1. The molecule has 2 aromatic carbocycles. The second kappa shape index (κ2) is 6.88. The van der Waals surface area contributed by atoms with Gasteiger partial charge in [0.05, 0.1) is 18.4 Å². The van der Waals surface area contributed by atoms with Gasteiger partial charge in [0, 0.05) is 16.4 Å². The lowest BCUT2D eigenvalue weighted by molar-refractivity contribution is 0.416. The first-order chi connectivity index (χ1) is 11.6. The third-order valence-corrected chi connectivity index (χ3v) is 4.15. The van der Waals surface area contributed by atoms with Gasteiger partial charge in [-0.25, -0.2) is 4.68 Å². The second-order valence-electron chi connectivity index (χ2n) is 5.20. The average Bonchev–Trinajstić information content (AvgIpc) is 2.88. The van der Waals surface area contributed by atoms with Gasteiger partial charge in [-0.3, -0.25) is 14.9 Å². The molecule has 0 saturated carbocycles. The molecule has 0 spiro atoms. The summed E-state index contributed by atoms with van der Waals surface area (Å²) in [6.45, 7) is 1.85. The summed E-state index contributed by atoms with van der Waals surface area (Å²) in [6.07, 6.45) is 1.57. The van der Waals surface area contributed by atoms with E-state index in [-0.39, 0.29) is 5.56 Å². The Labute approximate surface area is 147 Å². The van der Waals surface area contributed by atoms with Gasteiger partial charge in [-0.05, 0) is 43.3 Å². The molecule has 0 unspecified atom stereocenters. The molecule has 0 amide bonds. The number of hydrogen-bond acceptors (Lipinski definition) is 3. The van der Waals surface area contributed by atoms with E-state index < -0.39 is 0 Å². The van der Waals surface area contributed by atoms with Gasteiger partial charge in [0.2, 0.25) is 0 Å². The highest BCUT2D eigenvalue weighted by molar-refractivity contribution is 9.10. The van der Waals surface area contributed by atoms with Crippen LogP contribution >= 0.6 is 15.9 Å². The third kappa shape index (κ3) is 3.19. The minimum Gasteiger partial charge on any atom is -0.494 e. The molecule has 1 aromatic heterocycles. The van der Waals surface area contributed by atoms with E-state index in [0.29, 0.717) is 17.0 Å². The lowest BCUT2D eigenvalue weighted by atomic mass is 10.2. The van der Waals surface area contributed by atoms with E-state index in [4.69, 9.17) is 4.74 Å². The van der Waals surface area contributed by atoms with Crippen molar-refractivity contribution in [2.24, 2.45) is 4.99 Å². The summed E-state index contributed by atoms with van der Waals surface area (Å²) in [5.41, 5.74) is 2.57. The number of halogens is 1. The minimum atomic E-state index is -0.145. The van der Waals surface area contributed by atoms with Gasteiger partial charge in [-0.15, -0.1) is 0 Å². The zero-order chi connectivity index (χ0) is 17.1. The molecule has 0 aliphatic rings. The first-order valence-corrected chi connectivity index (χ1v) is 8.14. The lowest BCUT2D eigenvalue weighted by Gasteiger charge is -2.02. The molecular formula is C18H16BrN3O2. The summed E-state index contributed by atoms with van der Waals surface area (Å²) < 4.78 is 7.73. The van der Waals surface area contributed by atoms with Crippen LogP contribution in [0.25, 0.3) is 5.69 Å². The molecule has 0 aliphatic carbocycles. The molecule has 0 aliphatic heterocycles. The Hall–Kier alpha value is -2.60. The molecule has 0 radical (unpaired) electrons. The highest BCUT2D eigenvalue weighted by Gasteiger charge is 2.11.